The van der Waals surface area contributed by atoms with Gasteiger partial charge in [0.15, 0.2) is 6.04 Å². The lowest BCUT2D eigenvalue weighted by Crippen LogP contribution is -2.47. The van der Waals surface area contributed by atoms with Crippen LogP contribution in [-0.2, 0) is 9.36 Å². The average Bonchev–Trinajstić information content (AvgIpc) is 2.87. The molecule has 21 heavy (non-hydrogen) atoms. The van der Waals surface area contributed by atoms with Gasteiger partial charge in [-0.3, -0.25) is 19.1 Å². The Morgan fingerprint density at radius 1 is 1.43 bits per heavy atom. The summed E-state index contributed by atoms with van der Waals surface area (Å²) in [7, 11) is -4.46. The molecule has 0 bridgehead atoms. The van der Waals surface area contributed by atoms with Crippen molar-refractivity contribution in [1.29, 1.82) is 0 Å². The number of carbonyl (C=O) groups is 2. The van der Waals surface area contributed by atoms with Crippen LogP contribution in [-0.4, -0.2) is 50.4 Å². The first-order chi connectivity index (χ1) is 9.76. The summed E-state index contributed by atoms with van der Waals surface area (Å²) >= 11 is 1.10. The van der Waals surface area contributed by atoms with E-state index in [2.05, 4.69) is 0 Å². The molecule has 1 atom stereocenters. The summed E-state index contributed by atoms with van der Waals surface area (Å²) in [5.41, 5.74) is 0. The third kappa shape index (κ3) is 5.68. The maximum absolute atomic E-state index is 12.3. The Labute approximate surface area is 126 Å². The van der Waals surface area contributed by atoms with Gasteiger partial charge in [-0.1, -0.05) is 19.4 Å². The number of thiophene rings is 1. The molecule has 0 aliphatic carbocycles. The maximum Gasteiger partial charge on any atom is 0.339 e. The highest BCUT2D eigenvalue weighted by molar-refractivity contribution is 7.51. The number of rotatable bonds is 9. The largest absolute Gasteiger partial charge is 0.480 e. The molecule has 1 heterocycles. The molecule has 1 aromatic rings. The number of hydrogen-bond donors (Lipinski definition) is 3. The van der Waals surface area contributed by atoms with Gasteiger partial charge in [-0.25, -0.2) is 0 Å². The van der Waals surface area contributed by atoms with Gasteiger partial charge in [-0.2, -0.15) is 0 Å². The van der Waals surface area contributed by atoms with E-state index in [1.165, 1.54) is 6.07 Å². The third-order valence-corrected chi connectivity index (χ3v) is 4.39. The van der Waals surface area contributed by atoms with Crippen molar-refractivity contribution >= 4 is 30.7 Å². The summed E-state index contributed by atoms with van der Waals surface area (Å²) in [6.45, 7) is 2.00. The van der Waals surface area contributed by atoms with Crippen LogP contribution < -0.4 is 0 Å². The van der Waals surface area contributed by atoms with Crippen LogP contribution in [0.4, 0.5) is 0 Å². The Morgan fingerprint density at radius 2 is 2.10 bits per heavy atom. The van der Waals surface area contributed by atoms with Crippen LogP contribution in [0.25, 0.3) is 0 Å². The summed E-state index contributed by atoms with van der Waals surface area (Å²) in [6.07, 6.45) is 0.514. The van der Waals surface area contributed by atoms with Crippen molar-refractivity contribution < 1.29 is 29.0 Å². The van der Waals surface area contributed by atoms with Gasteiger partial charge in [-0.15, -0.1) is 11.3 Å². The topological polar surface area (TPSA) is 115 Å². The van der Waals surface area contributed by atoms with E-state index in [0.717, 1.165) is 22.7 Å². The van der Waals surface area contributed by atoms with Crippen molar-refractivity contribution in [2.75, 3.05) is 12.8 Å². The van der Waals surface area contributed by atoms with Gasteiger partial charge in [0.2, 0.25) is 5.78 Å². The zero-order valence-electron chi connectivity index (χ0n) is 11.5. The average molecular weight is 335 g/mol. The van der Waals surface area contributed by atoms with E-state index < -0.39 is 31.7 Å². The number of ketones is 1. The Kier molecular flexibility index (Phi) is 6.70. The molecule has 0 amide bonds. The van der Waals surface area contributed by atoms with Gasteiger partial charge in [0.1, 0.15) is 6.29 Å². The number of carboxylic acids is 1. The second-order valence-corrected chi connectivity index (χ2v) is 7.11. The summed E-state index contributed by atoms with van der Waals surface area (Å²) < 4.78 is 11.2. The Balaban J connectivity index is 3.04. The number of unbranched alkanes of at least 4 members (excludes halogenated alkanes) is 1. The highest BCUT2D eigenvalue weighted by Gasteiger charge is 2.36. The molecule has 9 heteroatoms. The Morgan fingerprint density at radius 3 is 2.52 bits per heavy atom. The Bertz CT molecular complexity index is 526. The second kappa shape index (κ2) is 7.82. The lowest BCUT2D eigenvalue weighted by Gasteiger charge is -2.27. The first-order valence-corrected chi connectivity index (χ1v) is 9.03. The number of nitrogens with zero attached hydrogens (tertiary/aromatic N) is 1. The quantitative estimate of drug-likeness (QED) is 0.357. The molecule has 3 N–H and O–H groups in total. The number of Topliss-reactive ketones (excluding diaryl/α,β-unsaturated/α-hetero) is 1. The van der Waals surface area contributed by atoms with E-state index in [0.29, 0.717) is 6.42 Å². The normalized spacial score (nSPS) is 13.3. The van der Waals surface area contributed by atoms with Crippen LogP contribution in [0.15, 0.2) is 17.5 Å². The zero-order valence-corrected chi connectivity index (χ0v) is 13.2. The van der Waals surface area contributed by atoms with E-state index in [-0.39, 0.29) is 11.4 Å². The van der Waals surface area contributed by atoms with Gasteiger partial charge in [0, 0.05) is 6.54 Å². The van der Waals surface area contributed by atoms with Crippen molar-refractivity contribution in [3.63, 3.8) is 0 Å². The van der Waals surface area contributed by atoms with E-state index in [1.807, 2.05) is 6.92 Å². The van der Waals surface area contributed by atoms with Gasteiger partial charge in [-0.05, 0) is 17.9 Å². The minimum Gasteiger partial charge on any atom is -0.480 e. The van der Waals surface area contributed by atoms with Crippen LogP contribution in [0.1, 0.15) is 29.4 Å². The van der Waals surface area contributed by atoms with E-state index in [1.54, 1.807) is 11.4 Å². The van der Waals surface area contributed by atoms with Crippen LogP contribution >= 0.6 is 18.9 Å². The molecule has 1 rings (SSSR count). The lowest BCUT2D eigenvalue weighted by molar-refractivity contribution is -0.141. The monoisotopic (exact) mass is 335 g/mol. The van der Waals surface area contributed by atoms with Crippen molar-refractivity contribution in [3.8, 4) is 0 Å². The summed E-state index contributed by atoms with van der Waals surface area (Å²) in [5.74, 6) is -2.06. The number of carboxylic acid groups (broad SMARTS) is 1. The SMILES string of the molecule is CCCCN(CP(=O)(O)O)C(C(=O)O)C(=O)c1cccs1. The number of carbonyl (C=O) groups excluding carboxylic acids is 1. The molecular formula is C12H18NO6PS. The predicted octanol–water partition coefficient (Wildman–Crippen LogP) is 1.62. The van der Waals surface area contributed by atoms with Gasteiger partial charge < -0.3 is 14.9 Å². The van der Waals surface area contributed by atoms with Gasteiger partial charge in [0.25, 0.3) is 0 Å². The molecule has 0 saturated heterocycles. The first kappa shape index (κ1) is 18.0. The van der Waals surface area contributed by atoms with Crippen molar-refractivity contribution in [1.82, 2.24) is 4.90 Å². The van der Waals surface area contributed by atoms with Crippen LogP contribution in [0.2, 0.25) is 0 Å². The molecule has 0 aromatic carbocycles. The molecule has 1 aromatic heterocycles. The van der Waals surface area contributed by atoms with Gasteiger partial charge in [0.05, 0.1) is 4.88 Å². The Hall–Kier alpha value is -1.05. The molecule has 118 valence electrons. The third-order valence-electron chi connectivity index (χ3n) is 2.78. The molecule has 0 fully saturated rings. The van der Waals surface area contributed by atoms with Crippen molar-refractivity contribution in [3.05, 3.63) is 22.4 Å². The molecule has 0 saturated carbocycles. The molecule has 0 aliphatic heterocycles. The zero-order chi connectivity index (χ0) is 16.0. The number of aliphatic carboxylic acids is 1. The smallest absolute Gasteiger partial charge is 0.339 e. The van der Waals surface area contributed by atoms with E-state index >= 15 is 0 Å². The number of hydrogen-bond acceptors (Lipinski definition) is 5. The summed E-state index contributed by atoms with van der Waals surface area (Å²) in [4.78, 5) is 43.2. The second-order valence-electron chi connectivity index (χ2n) is 4.55. The highest BCUT2D eigenvalue weighted by Crippen LogP contribution is 2.36. The lowest BCUT2D eigenvalue weighted by atomic mass is 10.1. The van der Waals surface area contributed by atoms with Gasteiger partial charge >= 0.3 is 13.6 Å². The van der Waals surface area contributed by atoms with Crippen molar-refractivity contribution in [2.45, 2.75) is 25.8 Å². The maximum atomic E-state index is 12.3. The predicted molar refractivity (Wildman–Crippen MR) is 78.6 cm³/mol. The van der Waals surface area contributed by atoms with Crippen LogP contribution in [0.5, 0.6) is 0 Å². The molecule has 0 radical (unpaired) electrons. The first-order valence-electron chi connectivity index (χ1n) is 6.35. The fourth-order valence-corrected chi connectivity index (χ4v) is 3.33. The molecular weight excluding hydrogens is 317 g/mol. The highest BCUT2D eigenvalue weighted by atomic mass is 32.1. The standard InChI is InChI=1S/C12H18NO6PS/c1-2-3-6-13(8-20(17,18)19)10(12(15)16)11(14)9-5-4-7-21-9/h4-5,7,10H,2-3,6,8H2,1H3,(H,15,16)(H2,17,18,19). The fourth-order valence-electron chi connectivity index (χ4n) is 1.87. The molecule has 1 unspecified atom stereocenters. The summed E-state index contributed by atoms with van der Waals surface area (Å²) in [6, 6.07) is 1.54. The van der Waals surface area contributed by atoms with Crippen LogP contribution in [0, 0.1) is 0 Å². The molecule has 0 aliphatic rings. The van der Waals surface area contributed by atoms with Crippen molar-refractivity contribution in [2.24, 2.45) is 0 Å². The summed E-state index contributed by atoms with van der Waals surface area (Å²) in [5, 5.41) is 10.9. The van der Waals surface area contributed by atoms with E-state index in [9.17, 15) is 19.3 Å². The van der Waals surface area contributed by atoms with Crippen LogP contribution in [0.3, 0.4) is 0 Å². The molecule has 0 spiro atoms. The minimum absolute atomic E-state index is 0.135. The minimum atomic E-state index is -4.46. The fraction of sp³-hybridized carbons (Fsp3) is 0.500. The van der Waals surface area contributed by atoms with E-state index in [4.69, 9.17) is 9.79 Å². The molecule has 7 nitrogen and oxygen atoms in total.